The van der Waals surface area contributed by atoms with E-state index < -0.39 is 18.2 Å². The number of hydrogen-bond acceptors (Lipinski definition) is 5. The molecule has 1 amide bonds. The van der Waals surface area contributed by atoms with Gasteiger partial charge in [-0.1, -0.05) is 30.3 Å². The first-order valence-electron chi connectivity index (χ1n) is 10.1. The van der Waals surface area contributed by atoms with Crippen molar-refractivity contribution in [2.24, 2.45) is 7.05 Å². The van der Waals surface area contributed by atoms with Crippen LogP contribution in [0.3, 0.4) is 0 Å². The maximum Gasteiger partial charge on any atom is 0.407 e. The fourth-order valence-corrected chi connectivity index (χ4v) is 3.24. The lowest BCUT2D eigenvalue weighted by molar-refractivity contribution is -0.153. The predicted molar refractivity (Wildman–Crippen MR) is 116 cm³/mol. The minimum atomic E-state index is -0.995. The number of carbonyl (C=O) groups is 2. The van der Waals surface area contributed by atoms with Crippen LogP contribution in [0.1, 0.15) is 30.5 Å². The van der Waals surface area contributed by atoms with Crippen molar-refractivity contribution < 1.29 is 24.2 Å². The molecule has 0 aliphatic rings. The van der Waals surface area contributed by atoms with E-state index in [1.807, 2.05) is 54.1 Å². The number of rotatable bonds is 9. The molecule has 2 N–H and O–H groups in total. The Morgan fingerprint density at radius 3 is 2.65 bits per heavy atom. The van der Waals surface area contributed by atoms with E-state index in [0.717, 1.165) is 27.7 Å². The summed E-state index contributed by atoms with van der Waals surface area (Å²) in [5.41, 5.74) is 4.40. The summed E-state index contributed by atoms with van der Waals surface area (Å²) < 4.78 is 12.7. The van der Waals surface area contributed by atoms with E-state index in [-0.39, 0.29) is 25.7 Å². The molecule has 0 radical (unpaired) electrons. The van der Waals surface area contributed by atoms with Gasteiger partial charge < -0.3 is 24.5 Å². The molecule has 8 nitrogen and oxygen atoms in total. The van der Waals surface area contributed by atoms with Crippen LogP contribution in [-0.2, 0) is 40.9 Å². The van der Waals surface area contributed by atoms with Crippen molar-refractivity contribution in [2.45, 2.75) is 45.6 Å². The van der Waals surface area contributed by atoms with E-state index in [4.69, 9.17) is 9.47 Å². The van der Waals surface area contributed by atoms with Gasteiger partial charge in [0.25, 0.3) is 0 Å². The SMILES string of the molecule is CC(C)O[C@@H](Cc1cccc(CNC(=O)OCc2ccc3ncn(C)c3c2)c1)C(=O)O. The molecule has 0 aliphatic carbocycles. The molecule has 31 heavy (non-hydrogen) atoms. The van der Waals surface area contributed by atoms with Gasteiger partial charge in [-0.3, -0.25) is 0 Å². The maximum absolute atomic E-state index is 12.1. The number of aryl methyl sites for hydroxylation is 1. The van der Waals surface area contributed by atoms with Gasteiger partial charge in [-0.05, 0) is 42.7 Å². The number of hydrogen-bond donors (Lipinski definition) is 2. The first-order chi connectivity index (χ1) is 14.8. The predicted octanol–water partition coefficient (Wildman–Crippen LogP) is 3.42. The molecule has 2 aromatic carbocycles. The van der Waals surface area contributed by atoms with Crippen LogP contribution in [-0.4, -0.2) is 38.9 Å². The highest BCUT2D eigenvalue weighted by Gasteiger charge is 2.20. The van der Waals surface area contributed by atoms with Crippen LogP contribution in [0.15, 0.2) is 48.8 Å². The summed E-state index contributed by atoms with van der Waals surface area (Å²) in [5.74, 6) is -0.995. The average Bonchev–Trinajstić information content (AvgIpc) is 3.10. The fraction of sp³-hybridized carbons (Fsp3) is 0.348. The van der Waals surface area contributed by atoms with Crippen LogP contribution in [0, 0.1) is 0 Å². The van der Waals surface area contributed by atoms with Crippen molar-refractivity contribution in [3.63, 3.8) is 0 Å². The highest BCUT2D eigenvalue weighted by Crippen LogP contribution is 2.15. The molecule has 1 heterocycles. The molecule has 3 aromatic rings. The third kappa shape index (κ3) is 6.29. The van der Waals surface area contributed by atoms with E-state index in [2.05, 4.69) is 10.3 Å². The first-order valence-corrected chi connectivity index (χ1v) is 10.1. The normalized spacial score (nSPS) is 12.1. The van der Waals surface area contributed by atoms with E-state index >= 15 is 0 Å². The third-order valence-electron chi connectivity index (χ3n) is 4.72. The monoisotopic (exact) mass is 425 g/mol. The number of fused-ring (bicyclic) bond motifs is 1. The summed E-state index contributed by atoms with van der Waals surface area (Å²) in [7, 11) is 1.91. The van der Waals surface area contributed by atoms with Gasteiger partial charge in [-0.2, -0.15) is 0 Å². The summed E-state index contributed by atoms with van der Waals surface area (Å²) in [5, 5.41) is 12.1. The minimum absolute atomic E-state index is 0.153. The van der Waals surface area contributed by atoms with Crippen LogP contribution in [0.5, 0.6) is 0 Å². The number of benzene rings is 2. The molecule has 3 rings (SSSR count). The average molecular weight is 425 g/mol. The van der Waals surface area contributed by atoms with Crippen LogP contribution in [0.4, 0.5) is 4.79 Å². The van der Waals surface area contributed by atoms with E-state index in [1.54, 1.807) is 20.2 Å². The number of ether oxygens (including phenoxy) is 2. The number of imidazole rings is 1. The van der Waals surface area contributed by atoms with Crippen LogP contribution >= 0.6 is 0 Å². The Kier molecular flexibility index (Phi) is 7.25. The van der Waals surface area contributed by atoms with E-state index in [9.17, 15) is 14.7 Å². The van der Waals surface area contributed by atoms with Crippen molar-refractivity contribution in [2.75, 3.05) is 0 Å². The highest BCUT2D eigenvalue weighted by molar-refractivity contribution is 5.76. The smallest absolute Gasteiger partial charge is 0.407 e. The second-order valence-corrected chi connectivity index (χ2v) is 7.64. The molecule has 1 aromatic heterocycles. The van der Waals surface area contributed by atoms with Crippen molar-refractivity contribution in [3.05, 3.63) is 65.5 Å². The van der Waals surface area contributed by atoms with Gasteiger partial charge in [0.05, 0.1) is 23.5 Å². The number of nitrogens with zero attached hydrogens (tertiary/aromatic N) is 2. The molecule has 0 unspecified atom stereocenters. The summed E-state index contributed by atoms with van der Waals surface area (Å²) >= 11 is 0. The lowest BCUT2D eigenvalue weighted by atomic mass is 10.0. The summed E-state index contributed by atoms with van der Waals surface area (Å²) in [6.07, 6.45) is 0.373. The topological polar surface area (TPSA) is 103 Å². The molecular formula is C23H27N3O5. The van der Waals surface area contributed by atoms with E-state index in [1.165, 1.54) is 0 Å². The Hall–Kier alpha value is -3.39. The van der Waals surface area contributed by atoms with Gasteiger partial charge in [0.1, 0.15) is 6.61 Å². The standard InChI is InChI=1S/C23H27N3O5/c1-15(2)31-21(22(27)28)11-16-5-4-6-17(9-16)12-24-23(29)30-13-18-7-8-19-20(10-18)26(3)14-25-19/h4-10,14-15,21H,11-13H2,1-3H3,(H,24,29)(H,27,28)/t21-/m0/s1. The highest BCUT2D eigenvalue weighted by atomic mass is 16.5. The van der Waals surface area contributed by atoms with Gasteiger partial charge in [0, 0.05) is 20.0 Å². The Balaban J connectivity index is 1.52. The van der Waals surface area contributed by atoms with Crippen molar-refractivity contribution in [3.8, 4) is 0 Å². The summed E-state index contributed by atoms with van der Waals surface area (Å²) in [6, 6.07) is 13.1. The van der Waals surface area contributed by atoms with Crippen LogP contribution in [0.25, 0.3) is 11.0 Å². The number of aliphatic carboxylic acids is 1. The zero-order chi connectivity index (χ0) is 22.4. The van der Waals surface area contributed by atoms with Gasteiger partial charge in [0.15, 0.2) is 6.10 Å². The molecule has 0 fully saturated rings. The molecule has 0 saturated carbocycles. The van der Waals surface area contributed by atoms with Gasteiger partial charge >= 0.3 is 12.1 Å². The minimum Gasteiger partial charge on any atom is -0.479 e. The largest absolute Gasteiger partial charge is 0.479 e. The lowest BCUT2D eigenvalue weighted by Gasteiger charge is -2.17. The number of alkyl carbamates (subject to hydrolysis) is 1. The van der Waals surface area contributed by atoms with E-state index in [0.29, 0.717) is 0 Å². The molecule has 0 saturated heterocycles. The summed E-state index contributed by atoms with van der Waals surface area (Å²) in [4.78, 5) is 27.8. The van der Waals surface area contributed by atoms with Crippen LogP contribution < -0.4 is 5.32 Å². The zero-order valence-corrected chi connectivity index (χ0v) is 17.9. The van der Waals surface area contributed by atoms with Crippen LogP contribution in [0.2, 0.25) is 0 Å². The Morgan fingerprint density at radius 2 is 1.90 bits per heavy atom. The number of carboxylic acid groups (broad SMARTS) is 1. The number of amides is 1. The Morgan fingerprint density at radius 1 is 1.13 bits per heavy atom. The quantitative estimate of drug-likeness (QED) is 0.545. The van der Waals surface area contributed by atoms with Crippen molar-refractivity contribution in [1.82, 2.24) is 14.9 Å². The van der Waals surface area contributed by atoms with Crippen molar-refractivity contribution >= 4 is 23.1 Å². The molecule has 0 bridgehead atoms. The lowest BCUT2D eigenvalue weighted by Crippen LogP contribution is -2.29. The molecule has 0 aliphatic heterocycles. The number of carbonyl (C=O) groups excluding carboxylic acids is 1. The molecule has 164 valence electrons. The molecular weight excluding hydrogens is 398 g/mol. The molecule has 1 atom stereocenters. The second kappa shape index (κ2) is 10.1. The van der Waals surface area contributed by atoms with Crippen molar-refractivity contribution in [1.29, 1.82) is 0 Å². The maximum atomic E-state index is 12.1. The summed E-state index contributed by atoms with van der Waals surface area (Å²) in [6.45, 7) is 4.03. The Labute approximate surface area is 180 Å². The van der Waals surface area contributed by atoms with Gasteiger partial charge in [-0.15, -0.1) is 0 Å². The third-order valence-corrected chi connectivity index (χ3v) is 4.72. The van der Waals surface area contributed by atoms with Gasteiger partial charge in [0.2, 0.25) is 0 Å². The number of carboxylic acids is 1. The first kappa shape index (κ1) is 22.3. The fourth-order valence-electron chi connectivity index (χ4n) is 3.24. The van der Waals surface area contributed by atoms with Gasteiger partial charge in [-0.25, -0.2) is 14.6 Å². The molecule has 8 heteroatoms. The second-order valence-electron chi connectivity index (χ2n) is 7.64. The molecule has 0 spiro atoms. The number of aromatic nitrogens is 2. The zero-order valence-electron chi connectivity index (χ0n) is 17.9. The number of nitrogens with one attached hydrogen (secondary N) is 1. The Bertz CT molecular complexity index is 1060.